The third-order valence-corrected chi connectivity index (χ3v) is 0.851. The number of rotatable bonds is 1. The average molecular weight is 121 g/mol. The van der Waals surface area contributed by atoms with Gasteiger partial charge < -0.3 is 0 Å². The van der Waals surface area contributed by atoms with Gasteiger partial charge in [-0.05, 0) is 0 Å². The summed E-state index contributed by atoms with van der Waals surface area (Å²) in [5.74, 6) is 0.206. The van der Waals surface area contributed by atoms with Gasteiger partial charge in [-0.1, -0.05) is 0 Å². The summed E-state index contributed by atoms with van der Waals surface area (Å²) in [6, 6.07) is 1.82. The highest BCUT2D eigenvalue weighted by Gasteiger charge is 1.99. The van der Waals surface area contributed by atoms with Crippen LogP contribution < -0.4 is 0 Å². The minimum Gasteiger partial charge on any atom is -0.259 e. The van der Waals surface area contributed by atoms with E-state index in [9.17, 15) is 0 Å². The van der Waals surface area contributed by atoms with Gasteiger partial charge in [0, 0.05) is 0 Å². The average Bonchev–Trinajstić information content (AvgIpc) is 2.33. The van der Waals surface area contributed by atoms with E-state index in [4.69, 9.17) is 10.8 Å². The van der Waals surface area contributed by atoms with Gasteiger partial charge in [0.25, 0.3) is 0 Å². The largest absolute Gasteiger partial charge is 0.259 e. The van der Waals surface area contributed by atoms with Crippen LogP contribution in [0.5, 0.6) is 0 Å². The fourth-order valence-corrected chi connectivity index (χ4v) is 0.446. The molecular weight excluding hydrogens is 118 g/mol. The first-order valence-corrected chi connectivity index (χ1v) is 2.19. The Hall–Kier alpha value is -1.70. The Morgan fingerprint density at radius 2 is 2.67 bits per heavy atom. The molecule has 0 saturated carbocycles. The Morgan fingerprint density at radius 3 is 3.11 bits per heavy atom. The topological polar surface area (TPSA) is 88.7 Å². The number of aromatic amines is 1. The molecule has 0 bridgehead atoms. The van der Waals surface area contributed by atoms with E-state index in [2.05, 4.69) is 15.3 Å². The number of nitrogens with zero attached hydrogens (tertiary/aromatic N) is 3. The first-order chi connectivity index (χ1) is 4.38. The zero-order valence-electron chi connectivity index (χ0n) is 4.42. The lowest BCUT2D eigenvalue weighted by molar-refractivity contribution is 1.03. The van der Waals surface area contributed by atoms with E-state index in [0.29, 0.717) is 5.56 Å². The summed E-state index contributed by atoms with van der Waals surface area (Å²) in [5.41, 5.74) is 6.80. The van der Waals surface area contributed by atoms with Crippen LogP contribution in [-0.4, -0.2) is 10.2 Å². The van der Waals surface area contributed by atoms with Crippen molar-refractivity contribution in [2.24, 2.45) is 5.11 Å². The van der Waals surface area contributed by atoms with Crippen molar-refractivity contribution in [3.63, 3.8) is 0 Å². The van der Waals surface area contributed by atoms with Crippen LogP contribution in [0.4, 0.5) is 5.82 Å². The van der Waals surface area contributed by atoms with Crippen LogP contribution in [0.15, 0.2) is 11.3 Å². The minimum atomic E-state index is 0.206. The SMILES string of the molecule is N#Cc1cn[nH]c1N=N. The molecule has 2 N–H and O–H groups in total. The summed E-state index contributed by atoms with van der Waals surface area (Å²) < 4.78 is 0. The highest BCUT2D eigenvalue weighted by Crippen LogP contribution is 2.11. The van der Waals surface area contributed by atoms with Gasteiger partial charge in [0.1, 0.15) is 11.6 Å². The van der Waals surface area contributed by atoms with Crippen LogP contribution in [0.1, 0.15) is 5.56 Å². The lowest BCUT2D eigenvalue weighted by Gasteiger charge is -1.77. The monoisotopic (exact) mass is 121 g/mol. The van der Waals surface area contributed by atoms with Crippen molar-refractivity contribution in [2.75, 3.05) is 0 Å². The predicted molar refractivity (Wildman–Crippen MR) is 28.1 cm³/mol. The number of nitrogens with one attached hydrogen (secondary N) is 2. The van der Waals surface area contributed by atoms with Gasteiger partial charge in [-0.25, -0.2) is 5.53 Å². The van der Waals surface area contributed by atoms with E-state index in [1.165, 1.54) is 6.20 Å². The van der Waals surface area contributed by atoms with Crippen LogP contribution in [0.3, 0.4) is 0 Å². The van der Waals surface area contributed by atoms with Gasteiger partial charge in [0.2, 0.25) is 0 Å². The van der Waals surface area contributed by atoms with Gasteiger partial charge in [-0.15, -0.1) is 5.11 Å². The molecule has 1 aromatic rings. The predicted octanol–water partition coefficient (Wildman–Crippen LogP) is 0.944. The number of aromatic nitrogens is 2. The summed E-state index contributed by atoms with van der Waals surface area (Å²) >= 11 is 0. The van der Waals surface area contributed by atoms with Gasteiger partial charge in [0.15, 0.2) is 5.82 Å². The smallest absolute Gasteiger partial charge is 0.187 e. The summed E-state index contributed by atoms with van der Waals surface area (Å²) in [5, 5.41) is 17.2. The Labute approximate surface area is 50.8 Å². The number of hydrogen-bond acceptors (Lipinski definition) is 4. The molecule has 0 atom stereocenters. The fraction of sp³-hybridized carbons (Fsp3) is 0. The molecule has 0 amide bonds. The Morgan fingerprint density at radius 1 is 1.89 bits per heavy atom. The first kappa shape index (κ1) is 5.44. The molecule has 0 aliphatic rings. The minimum absolute atomic E-state index is 0.206. The van der Waals surface area contributed by atoms with Gasteiger partial charge in [0.05, 0.1) is 6.20 Å². The Kier molecular flexibility index (Phi) is 1.24. The Balaban J connectivity index is 3.17. The molecule has 0 fully saturated rings. The zero-order chi connectivity index (χ0) is 6.69. The molecule has 0 saturated heterocycles. The maximum atomic E-state index is 8.29. The van der Waals surface area contributed by atoms with Crippen LogP contribution in [-0.2, 0) is 0 Å². The van der Waals surface area contributed by atoms with Crippen molar-refractivity contribution in [1.82, 2.24) is 10.2 Å². The van der Waals surface area contributed by atoms with Crippen LogP contribution in [0, 0.1) is 16.9 Å². The van der Waals surface area contributed by atoms with E-state index >= 15 is 0 Å². The molecule has 0 aliphatic heterocycles. The fourth-order valence-electron chi connectivity index (χ4n) is 0.446. The van der Waals surface area contributed by atoms with E-state index in [0.717, 1.165) is 0 Å². The van der Waals surface area contributed by atoms with Crippen molar-refractivity contribution in [3.8, 4) is 6.07 Å². The maximum Gasteiger partial charge on any atom is 0.187 e. The van der Waals surface area contributed by atoms with Crippen molar-refractivity contribution >= 4 is 5.82 Å². The molecule has 1 rings (SSSR count). The van der Waals surface area contributed by atoms with Crippen LogP contribution >= 0.6 is 0 Å². The first-order valence-electron chi connectivity index (χ1n) is 2.19. The molecule has 0 aliphatic carbocycles. The second-order valence-corrected chi connectivity index (χ2v) is 1.36. The maximum absolute atomic E-state index is 8.29. The molecule has 0 radical (unpaired) electrons. The number of nitriles is 1. The molecule has 44 valence electrons. The number of H-pyrrole nitrogens is 1. The van der Waals surface area contributed by atoms with Crippen molar-refractivity contribution in [2.45, 2.75) is 0 Å². The van der Waals surface area contributed by atoms with E-state index < -0.39 is 0 Å². The zero-order valence-corrected chi connectivity index (χ0v) is 4.42. The van der Waals surface area contributed by atoms with Crippen molar-refractivity contribution in [3.05, 3.63) is 11.8 Å². The molecule has 1 heterocycles. The highest BCUT2D eigenvalue weighted by molar-refractivity contribution is 5.44. The highest BCUT2D eigenvalue weighted by atomic mass is 15.2. The third-order valence-electron chi connectivity index (χ3n) is 0.851. The van der Waals surface area contributed by atoms with Crippen LogP contribution in [0.25, 0.3) is 0 Å². The van der Waals surface area contributed by atoms with E-state index in [-0.39, 0.29) is 5.82 Å². The quantitative estimate of drug-likeness (QED) is 0.541. The molecule has 5 nitrogen and oxygen atoms in total. The normalized spacial score (nSPS) is 8.33. The van der Waals surface area contributed by atoms with Gasteiger partial charge in [-0.2, -0.15) is 10.4 Å². The van der Waals surface area contributed by atoms with Gasteiger partial charge >= 0.3 is 0 Å². The molecule has 0 unspecified atom stereocenters. The molecule has 5 heteroatoms. The summed E-state index contributed by atoms with van der Waals surface area (Å²) in [4.78, 5) is 0. The van der Waals surface area contributed by atoms with E-state index in [1.54, 1.807) is 0 Å². The lowest BCUT2D eigenvalue weighted by Crippen LogP contribution is -1.64. The van der Waals surface area contributed by atoms with Crippen molar-refractivity contribution < 1.29 is 0 Å². The molecule has 0 aromatic carbocycles. The van der Waals surface area contributed by atoms with Crippen molar-refractivity contribution in [1.29, 1.82) is 10.8 Å². The molecule has 1 aromatic heterocycles. The summed E-state index contributed by atoms with van der Waals surface area (Å²) in [7, 11) is 0. The molecule has 0 spiro atoms. The van der Waals surface area contributed by atoms with Gasteiger partial charge in [-0.3, -0.25) is 5.10 Å². The lowest BCUT2D eigenvalue weighted by atomic mass is 10.4. The standard InChI is InChI=1S/C4H3N5/c5-1-3-2-7-9-4(3)8-6/h2,6H,(H,7,9). The second kappa shape index (κ2) is 2.05. The van der Waals surface area contributed by atoms with Crippen LogP contribution in [0.2, 0.25) is 0 Å². The molecule has 9 heavy (non-hydrogen) atoms. The summed E-state index contributed by atoms with van der Waals surface area (Å²) in [6.45, 7) is 0. The second-order valence-electron chi connectivity index (χ2n) is 1.36. The Bertz CT molecular complexity index is 254. The van der Waals surface area contributed by atoms with E-state index in [1.807, 2.05) is 6.07 Å². The molecular formula is C4H3N5. The summed E-state index contributed by atoms with van der Waals surface area (Å²) in [6.07, 6.45) is 1.33. The number of hydrogen-bond donors (Lipinski definition) is 2. The third kappa shape index (κ3) is 0.770.